The van der Waals surface area contributed by atoms with Crippen LogP contribution in [0.4, 0.5) is 11.5 Å². The third-order valence-electron chi connectivity index (χ3n) is 5.62. The molecule has 0 amide bonds. The van der Waals surface area contributed by atoms with Crippen molar-refractivity contribution in [2.75, 3.05) is 11.9 Å². The van der Waals surface area contributed by atoms with E-state index in [-0.39, 0.29) is 0 Å². The van der Waals surface area contributed by atoms with Crippen LogP contribution in [0.25, 0.3) is 27.6 Å². The SMILES string of the molecule is C=C(C)c1cc(Nc2ccc(C)cc2)nc2ccc(-c3ccc4c(c3)OCC4)cc12. The fourth-order valence-electron chi connectivity index (χ4n) is 3.95. The lowest BCUT2D eigenvalue weighted by atomic mass is 9.97. The van der Waals surface area contributed by atoms with Crippen molar-refractivity contribution in [1.82, 2.24) is 4.98 Å². The Hall–Kier alpha value is -3.59. The van der Waals surface area contributed by atoms with Gasteiger partial charge >= 0.3 is 0 Å². The quantitative estimate of drug-likeness (QED) is 0.409. The topological polar surface area (TPSA) is 34.2 Å². The van der Waals surface area contributed by atoms with E-state index in [1.165, 1.54) is 11.1 Å². The molecule has 3 aromatic carbocycles. The van der Waals surface area contributed by atoms with E-state index in [1.807, 2.05) is 6.92 Å². The lowest BCUT2D eigenvalue weighted by Gasteiger charge is -2.13. The van der Waals surface area contributed by atoms with E-state index in [2.05, 4.69) is 85.5 Å². The molecule has 148 valence electrons. The first-order valence-corrected chi connectivity index (χ1v) is 10.3. The molecule has 1 aliphatic heterocycles. The van der Waals surface area contributed by atoms with Crippen molar-refractivity contribution in [3.05, 3.63) is 90.0 Å². The molecule has 0 spiro atoms. The van der Waals surface area contributed by atoms with Crippen molar-refractivity contribution >= 4 is 28.0 Å². The van der Waals surface area contributed by atoms with Gasteiger partial charge in [-0.3, -0.25) is 0 Å². The van der Waals surface area contributed by atoms with Crippen molar-refractivity contribution in [1.29, 1.82) is 0 Å². The maximum absolute atomic E-state index is 5.75. The van der Waals surface area contributed by atoms with Crippen LogP contribution in [-0.4, -0.2) is 11.6 Å². The number of benzene rings is 3. The molecule has 1 N–H and O–H groups in total. The van der Waals surface area contributed by atoms with Crippen LogP contribution < -0.4 is 10.1 Å². The summed E-state index contributed by atoms with van der Waals surface area (Å²) in [5.41, 5.74) is 8.94. The van der Waals surface area contributed by atoms with Gasteiger partial charge in [-0.05, 0) is 72.5 Å². The summed E-state index contributed by atoms with van der Waals surface area (Å²) in [6, 6.07) is 23.3. The Morgan fingerprint density at radius 3 is 2.53 bits per heavy atom. The van der Waals surface area contributed by atoms with Crippen molar-refractivity contribution in [2.24, 2.45) is 0 Å². The molecule has 3 nitrogen and oxygen atoms in total. The van der Waals surface area contributed by atoms with E-state index >= 15 is 0 Å². The molecular formula is C27H24N2O. The molecule has 4 aromatic rings. The predicted octanol–water partition coefficient (Wildman–Crippen LogP) is 6.92. The number of allylic oxidation sites excluding steroid dienone is 1. The van der Waals surface area contributed by atoms with Crippen LogP contribution in [0.2, 0.25) is 0 Å². The molecule has 0 saturated carbocycles. The van der Waals surface area contributed by atoms with Crippen LogP contribution in [-0.2, 0) is 6.42 Å². The van der Waals surface area contributed by atoms with E-state index in [1.54, 1.807) is 0 Å². The van der Waals surface area contributed by atoms with E-state index in [9.17, 15) is 0 Å². The standard InChI is InChI=1S/C27H24N2O/c1-17(2)23-16-27(28-22-9-4-18(3)5-10-22)29-25-11-8-20(14-24(23)25)21-7-6-19-12-13-30-26(19)15-21/h4-11,14-16H,1,12-13H2,2-3H3,(H,28,29). The Kier molecular flexibility index (Phi) is 4.51. The number of aromatic nitrogens is 1. The van der Waals surface area contributed by atoms with Gasteiger partial charge in [0.15, 0.2) is 0 Å². The number of hydrogen-bond acceptors (Lipinski definition) is 3. The number of pyridine rings is 1. The third kappa shape index (κ3) is 3.43. The summed E-state index contributed by atoms with van der Waals surface area (Å²) in [4.78, 5) is 4.85. The zero-order valence-corrected chi connectivity index (χ0v) is 17.3. The van der Waals surface area contributed by atoms with Crippen molar-refractivity contribution in [3.63, 3.8) is 0 Å². The molecule has 2 heterocycles. The van der Waals surface area contributed by atoms with Crippen LogP contribution >= 0.6 is 0 Å². The first kappa shape index (κ1) is 18.4. The summed E-state index contributed by atoms with van der Waals surface area (Å²) in [5.74, 6) is 1.83. The first-order chi connectivity index (χ1) is 14.6. The molecule has 0 atom stereocenters. The van der Waals surface area contributed by atoms with Crippen LogP contribution in [0.5, 0.6) is 5.75 Å². The second-order valence-corrected chi connectivity index (χ2v) is 7.98. The monoisotopic (exact) mass is 392 g/mol. The minimum Gasteiger partial charge on any atom is -0.493 e. The second-order valence-electron chi connectivity index (χ2n) is 7.98. The highest BCUT2D eigenvalue weighted by Gasteiger charge is 2.14. The number of fused-ring (bicyclic) bond motifs is 2. The number of anilines is 2. The van der Waals surface area contributed by atoms with Crippen LogP contribution in [0, 0.1) is 6.92 Å². The summed E-state index contributed by atoms with van der Waals surface area (Å²) < 4.78 is 5.75. The smallest absolute Gasteiger partial charge is 0.131 e. The number of aryl methyl sites for hydroxylation is 1. The fraction of sp³-hybridized carbons (Fsp3) is 0.148. The zero-order chi connectivity index (χ0) is 20.7. The van der Waals surface area contributed by atoms with Gasteiger partial charge in [-0.15, -0.1) is 0 Å². The zero-order valence-electron chi connectivity index (χ0n) is 17.3. The average molecular weight is 393 g/mol. The molecular weight excluding hydrogens is 368 g/mol. The van der Waals surface area contributed by atoms with Crippen LogP contribution in [0.3, 0.4) is 0 Å². The van der Waals surface area contributed by atoms with Crippen molar-refractivity contribution in [2.45, 2.75) is 20.3 Å². The van der Waals surface area contributed by atoms with E-state index in [4.69, 9.17) is 9.72 Å². The van der Waals surface area contributed by atoms with Gasteiger partial charge < -0.3 is 10.1 Å². The lowest BCUT2D eigenvalue weighted by Crippen LogP contribution is -1.97. The van der Waals surface area contributed by atoms with Gasteiger partial charge in [-0.2, -0.15) is 0 Å². The van der Waals surface area contributed by atoms with Gasteiger partial charge in [0.2, 0.25) is 0 Å². The minimum absolute atomic E-state index is 0.775. The van der Waals surface area contributed by atoms with E-state index in [0.717, 1.165) is 63.4 Å². The molecule has 0 aliphatic carbocycles. The maximum atomic E-state index is 5.75. The summed E-state index contributed by atoms with van der Waals surface area (Å²) in [7, 11) is 0. The Bertz CT molecular complexity index is 1270. The highest BCUT2D eigenvalue weighted by atomic mass is 16.5. The predicted molar refractivity (Wildman–Crippen MR) is 126 cm³/mol. The summed E-state index contributed by atoms with van der Waals surface area (Å²) >= 11 is 0. The lowest BCUT2D eigenvalue weighted by molar-refractivity contribution is 0.357. The highest BCUT2D eigenvalue weighted by Crippen LogP contribution is 2.34. The summed E-state index contributed by atoms with van der Waals surface area (Å²) in [5, 5.41) is 4.53. The molecule has 0 fully saturated rings. The van der Waals surface area contributed by atoms with Gasteiger partial charge in [0.25, 0.3) is 0 Å². The fourth-order valence-corrected chi connectivity index (χ4v) is 3.95. The first-order valence-electron chi connectivity index (χ1n) is 10.3. The Balaban J connectivity index is 1.57. The van der Waals surface area contributed by atoms with Crippen LogP contribution in [0.15, 0.2) is 73.3 Å². The van der Waals surface area contributed by atoms with Gasteiger partial charge in [-0.1, -0.05) is 48.0 Å². The largest absolute Gasteiger partial charge is 0.493 e. The molecule has 5 rings (SSSR count). The van der Waals surface area contributed by atoms with Gasteiger partial charge in [-0.25, -0.2) is 4.98 Å². The normalized spacial score (nSPS) is 12.5. The number of hydrogen-bond donors (Lipinski definition) is 1. The van der Waals surface area contributed by atoms with Gasteiger partial charge in [0.1, 0.15) is 11.6 Å². The number of rotatable bonds is 4. The van der Waals surface area contributed by atoms with Gasteiger partial charge in [0, 0.05) is 17.5 Å². The Morgan fingerprint density at radius 2 is 1.73 bits per heavy atom. The number of nitrogens with one attached hydrogen (secondary N) is 1. The van der Waals surface area contributed by atoms with Crippen molar-refractivity contribution in [3.8, 4) is 16.9 Å². The van der Waals surface area contributed by atoms with E-state index in [0.29, 0.717) is 0 Å². The summed E-state index contributed by atoms with van der Waals surface area (Å²) in [6.07, 6.45) is 0.994. The molecule has 0 unspecified atom stereocenters. The molecule has 0 bridgehead atoms. The van der Waals surface area contributed by atoms with Gasteiger partial charge in [0.05, 0.1) is 12.1 Å². The molecule has 1 aromatic heterocycles. The molecule has 0 radical (unpaired) electrons. The van der Waals surface area contributed by atoms with Crippen molar-refractivity contribution < 1.29 is 4.74 Å². The Labute approximate surface area is 177 Å². The van der Waals surface area contributed by atoms with Crippen LogP contribution in [0.1, 0.15) is 23.6 Å². The minimum atomic E-state index is 0.775. The highest BCUT2D eigenvalue weighted by molar-refractivity contribution is 5.95. The molecule has 3 heteroatoms. The van der Waals surface area contributed by atoms with E-state index < -0.39 is 0 Å². The summed E-state index contributed by atoms with van der Waals surface area (Å²) in [6.45, 7) is 9.11. The average Bonchev–Trinajstić information content (AvgIpc) is 3.22. The second kappa shape index (κ2) is 7.34. The maximum Gasteiger partial charge on any atom is 0.131 e. The number of ether oxygens (including phenoxy) is 1. The molecule has 1 aliphatic rings. The Morgan fingerprint density at radius 1 is 0.967 bits per heavy atom. The molecule has 30 heavy (non-hydrogen) atoms. The third-order valence-corrected chi connectivity index (χ3v) is 5.62. The molecule has 0 saturated heterocycles. The number of nitrogens with zero attached hydrogens (tertiary/aromatic N) is 1.